The zero-order valence-electron chi connectivity index (χ0n) is 10.1. The summed E-state index contributed by atoms with van der Waals surface area (Å²) in [6.07, 6.45) is 4.21. The van der Waals surface area contributed by atoms with Gasteiger partial charge in [-0.15, -0.1) is 0 Å². The number of hydrogen-bond acceptors (Lipinski definition) is 2. The molecule has 2 rings (SSSR count). The van der Waals surface area contributed by atoms with Crippen molar-refractivity contribution in [3.8, 4) is 0 Å². The molecule has 0 radical (unpaired) electrons. The minimum Gasteiger partial charge on any atom is -0.330 e. The van der Waals surface area contributed by atoms with E-state index in [1.54, 1.807) is 4.57 Å². The van der Waals surface area contributed by atoms with Crippen molar-refractivity contribution in [3.05, 3.63) is 36.0 Å². The molecule has 0 amide bonds. The van der Waals surface area contributed by atoms with E-state index in [1.807, 2.05) is 31.3 Å². The molecule has 0 aliphatic rings. The number of benzene rings is 1. The van der Waals surface area contributed by atoms with E-state index in [9.17, 15) is 4.79 Å². The molecule has 0 bridgehead atoms. The maximum Gasteiger partial charge on any atom is 0.231 e. The third-order valence-electron chi connectivity index (χ3n) is 2.94. The van der Waals surface area contributed by atoms with Gasteiger partial charge in [-0.05, 0) is 31.0 Å². The van der Waals surface area contributed by atoms with E-state index in [0.717, 1.165) is 29.3 Å². The van der Waals surface area contributed by atoms with Crippen LogP contribution in [0.25, 0.3) is 10.9 Å². The Morgan fingerprint density at radius 3 is 2.82 bits per heavy atom. The highest BCUT2D eigenvalue weighted by atomic mass is 16.2. The summed E-state index contributed by atoms with van der Waals surface area (Å²) in [5.41, 5.74) is 7.76. The van der Waals surface area contributed by atoms with Crippen LogP contribution in [0.2, 0.25) is 0 Å². The summed E-state index contributed by atoms with van der Waals surface area (Å²) >= 11 is 0. The first-order chi connectivity index (χ1) is 8.27. The first-order valence-corrected chi connectivity index (χ1v) is 6.10. The quantitative estimate of drug-likeness (QED) is 0.877. The number of aromatic nitrogens is 1. The molecular weight excluding hydrogens is 212 g/mol. The van der Waals surface area contributed by atoms with Crippen molar-refractivity contribution in [2.24, 2.45) is 5.73 Å². The third kappa shape index (κ3) is 2.24. The lowest BCUT2D eigenvalue weighted by Gasteiger charge is -2.01. The summed E-state index contributed by atoms with van der Waals surface area (Å²) in [5, 5.41) is 1.14. The summed E-state index contributed by atoms with van der Waals surface area (Å²) in [6, 6.07) is 8.00. The average Bonchev–Trinajstić information content (AvgIpc) is 2.70. The molecule has 1 aromatic heterocycles. The van der Waals surface area contributed by atoms with Crippen LogP contribution in [0.15, 0.2) is 30.5 Å². The van der Waals surface area contributed by atoms with E-state index < -0.39 is 0 Å². The van der Waals surface area contributed by atoms with Gasteiger partial charge in [-0.1, -0.05) is 25.1 Å². The lowest BCUT2D eigenvalue weighted by Crippen LogP contribution is -2.08. The molecule has 2 aromatic rings. The van der Waals surface area contributed by atoms with Crippen LogP contribution in [0.1, 0.15) is 30.1 Å². The fourth-order valence-corrected chi connectivity index (χ4v) is 2.15. The van der Waals surface area contributed by atoms with E-state index in [0.29, 0.717) is 13.0 Å². The molecule has 3 heteroatoms. The van der Waals surface area contributed by atoms with Gasteiger partial charge in [-0.3, -0.25) is 9.36 Å². The van der Waals surface area contributed by atoms with Crippen LogP contribution in [0.3, 0.4) is 0 Å². The summed E-state index contributed by atoms with van der Waals surface area (Å²) in [4.78, 5) is 12.0. The van der Waals surface area contributed by atoms with Gasteiger partial charge in [0.15, 0.2) is 0 Å². The minimum atomic E-state index is 0.159. The van der Waals surface area contributed by atoms with Gasteiger partial charge in [0.1, 0.15) is 0 Å². The molecule has 3 nitrogen and oxygen atoms in total. The van der Waals surface area contributed by atoms with Crippen LogP contribution >= 0.6 is 0 Å². The lowest BCUT2D eigenvalue weighted by atomic mass is 10.1. The van der Waals surface area contributed by atoms with Crippen LogP contribution in [-0.4, -0.2) is 17.0 Å². The van der Waals surface area contributed by atoms with Gasteiger partial charge in [0.05, 0.1) is 5.52 Å². The van der Waals surface area contributed by atoms with Gasteiger partial charge in [-0.2, -0.15) is 0 Å². The van der Waals surface area contributed by atoms with E-state index in [1.165, 1.54) is 0 Å². The molecule has 0 spiro atoms. The number of nitrogens with zero attached hydrogens (tertiary/aromatic N) is 1. The van der Waals surface area contributed by atoms with Crippen molar-refractivity contribution in [1.29, 1.82) is 0 Å². The molecule has 0 aliphatic heterocycles. The highest BCUT2D eigenvalue weighted by molar-refractivity contribution is 5.94. The van der Waals surface area contributed by atoms with Gasteiger partial charge in [0.2, 0.25) is 5.91 Å². The first-order valence-electron chi connectivity index (χ1n) is 6.10. The van der Waals surface area contributed by atoms with Crippen LogP contribution in [-0.2, 0) is 6.42 Å². The number of hydrogen-bond donors (Lipinski definition) is 1. The van der Waals surface area contributed by atoms with Crippen molar-refractivity contribution in [1.82, 2.24) is 4.57 Å². The summed E-state index contributed by atoms with van der Waals surface area (Å²) in [6.45, 7) is 2.63. The summed E-state index contributed by atoms with van der Waals surface area (Å²) < 4.78 is 1.77. The Bertz CT molecular complexity index is 528. The van der Waals surface area contributed by atoms with Crippen LogP contribution in [0.4, 0.5) is 0 Å². The molecule has 1 aromatic carbocycles. The van der Waals surface area contributed by atoms with Gasteiger partial charge < -0.3 is 5.73 Å². The number of nitrogens with two attached hydrogens (primary N) is 1. The van der Waals surface area contributed by atoms with Crippen molar-refractivity contribution in [3.63, 3.8) is 0 Å². The van der Waals surface area contributed by atoms with Crippen molar-refractivity contribution >= 4 is 16.8 Å². The van der Waals surface area contributed by atoms with E-state index in [2.05, 4.69) is 6.07 Å². The number of carbonyl (C=O) groups is 1. The zero-order chi connectivity index (χ0) is 12.3. The average molecular weight is 230 g/mol. The first kappa shape index (κ1) is 11.9. The summed E-state index contributed by atoms with van der Waals surface area (Å²) in [7, 11) is 0. The molecule has 90 valence electrons. The molecule has 0 atom stereocenters. The normalized spacial score (nSPS) is 10.9. The second-order valence-corrected chi connectivity index (χ2v) is 4.22. The fraction of sp³-hybridized carbons (Fsp3) is 0.357. The lowest BCUT2D eigenvalue weighted by molar-refractivity contribution is 0.0907. The predicted molar refractivity (Wildman–Crippen MR) is 70.2 cm³/mol. The maximum absolute atomic E-state index is 12.0. The Kier molecular flexibility index (Phi) is 3.59. The maximum atomic E-state index is 12.0. The second kappa shape index (κ2) is 5.15. The topological polar surface area (TPSA) is 48.0 Å². The van der Waals surface area contributed by atoms with E-state index in [-0.39, 0.29) is 5.91 Å². The predicted octanol–water partition coefficient (Wildman–Crippen LogP) is 2.58. The molecular formula is C14H18N2O. The van der Waals surface area contributed by atoms with Crippen LogP contribution < -0.4 is 5.73 Å². The monoisotopic (exact) mass is 230 g/mol. The Labute approximate surface area is 101 Å². The van der Waals surface area contributed by atoms with E-state index >= 15 is 0 Å². The van der Waals surface area contributed by atoms with Crippen LogP contribution in [0.5, 0.6) is 0 Å². The van der Waals surface area contributed by atoms with Gasteiger partial charge in [0.25, 0.3) is 0 Å². The van der Waals surface area contributed by atoms with Crippen LogP contribution in [0, 0.1) is 0 Å². The number of fused-ring (bicyclic) bond motifs is 1. The Morgan fingerprint density at radius 2 is 2.12 bits per heavy atom. The third-order valence-corrected chi connectivity index (χ3v) is 2.94. The molecule has 0 fully saturated rings. The standard InChI is InChI=1S/C14H18N2O/c1-2-5-14(17)16-10-11(8-9-15)12-6-3-4-7-13(12)16/h3-4,6-7,10H,2,5,8-9,15H2,1H3. The molecule has 1 heterocycles. The van der Waals surface area contributed by atoms with Crippen molar-refractivity contribution in [2.45, 2.75) is 26.2 Å². The van der Waals surface area contributed by atoms with E-state index in [4.69, 9.17) is 5.73 Å². The molecule has 0 aliphatic carbocycles. The highest BCUT2D eigenvalue weighted by Gasteiger charge is 2.11. The molecule has 0 unspecified atom stereocenters. The minimum absolute atomic E-state index is 0.159. The summed E-state index contributed by atoms with van der Waals surface area (Å²) in [5.74, 6) is 0.159. The Balaban J connectivity index is 2.52. The molecule has 2 N–H and O–H groups in total. The SMILES string of the molecule is CCCC(=O)n1cc(CCN)c2ccccc21. The second-order valence-electron chi connectivity index (χ2n) is 4.22. The largest absolute Gasteiger partial charge is 0.330 e. The van der Waals surface area contributed by atoms with Gasteiger partial charge in [0, 0.05) is 18.0 Å². The number of para-hydroxylation sites is 1. The van der Waals surface area contributed by atoms with Crippen molar-refractivity contribution in [2.75, 3.05) is 6.54 Å². The number of rotatable bonds is 4. The number of carbonyl (C=O) groups excluding carboxylic acids is 1. The molecule has 17 heavy (non-hydrogen) atoms. The van der Waals surface area contributed by atoms with Gasteiger partial charge in [-0.25, -0.2) is 0 Å². The van der Waals surface area contributed by atoms with Gasteiger partial charge >= 0.3 is 0 Å². The Hall–Kier alpha value is -1.61. The molecule has 0 saturated heterocycles. The Morgan fingerprint density at radius 1 is 1.35 bits per heavy atom. The molecule has 0 saturated carbocycles. The van der Waals surface area contributed by atoms with Crippen molar-refractivity contribution < 1.29 is 4.79 Å². The fourth-order valence-electron chi connectivity index (χ4n) is 2.15. The zero-order valence-corrected chi connectivity index (χ0v) is 10.1. The smallest absolute Gasteiger partial charge is 0.231 e. The highest BCUT2D eigenvalue weighted by Crippen LogP contribution is 2.22.